The molecule has 0 saturated carbocycles. The molecule has 19 heavy (non-hydrogen) atoms. The van der Waals surface area contributed by atoms with E-state index in [1.807, 2.05) is 0 Å². The predicted octanol–water partition coefficient (Wildman–Crippen LogP) is 1.07. The highest BCUT2D eigenvalue weighted by atomic mass is 19.1. The SMILES string of the molecule is CC(=O)NCCCNC(C(=O)O)c1ccc(F)cc1. The average Bonchev–Trinajstić information content (AvgIpc) is 2.34. The maximum Gasteiger partial charge on any atom is 0.325 e. The Morgan fingerprint density at radius 3 is 2.42 bits per heavy atom. The molecule has 0 aromatic heterocycles. The van der Waals surface area contributed by atoms with Crippen LogP contribution in [0.2, 0.25) is 0 Å². The Morgan fingerprint density at radius 2 is 1.89 bits per heavy atom. The van der Waals surface area contributed by atoms with Crippen LogP contribution in [0, 0.1) is 5.82 Å². The number of amides is 1. The van der Waals surface area contributed by atoms with E-state index in [-0.39, 0.29) is 5.91 Å². The van der Waals surface area contributed by atoms with Gasteiger partial charge in [0, 0.05) is 13.5 Å². The molecule has 0 bridgehead atoms. The summed E-state index contributed by atoms with van der Waals surface area (Å²) in [6.07, 6.45) is 0.616. The van der Waals surface area contributed by atoms with Crippen LogP contribution in [-0.2, 0) is 9.59 Å². The zero-order valence-corrected chi connectivity index (χ0v) is 10.6. The van der Waals surface area contributed by atoms with Gasteiger partial charge in [0.25, 0.3) is 0 Å². The lowest BCUT2D eigenvalue weighted by molar-refractivity contribution is -0.139. The van der Waals surface area contributed by atoms with Crippen LogP contribution in [-0.4, -0.2) is 30.1 Å². The molecule has 3 N–H and O–H groups in total. The largest absolute Gasteiger partial charge is 0.480 e. The fourth-order valence-corrected chi connectivity index (χ4v) is 1.60. The first-order valence-corrected chi connectivity index (χ1v) is 5.97. The molecule has 1 unspecified atom stereocenters. The topological polar surface area (TPSA) is 78.4 Å². The zero-order chi connectivity index (χ0) is 14.3. The summed E-state index contributed by atoms with van der Waals surface area (Å²) in [5.74, 6) is -1.54. The Morgan fingerprint density at radius 1 is 1.26 bits per heavy atom. The van der Waals surface area contributed by atoms with Crippen molar-refractivity contribution in [1.82, 2.24) is 10.6 Å². The molecule has 0 heterocycles. The van der Waals surface area contributed by atoms with Gasteiger partial charge in [-0.05, 0) is 30.7 Å². The van der Waals surface area contributed by atoms with Crippen LogP contribution in [0.4, 0.5) is 4.39 Å². The number of rotatable bonds is 7. The van der Waals surface area contributed by atoms with Crippen LogP contribution in [0.1, 0.15) is 24.9 Å². The summed E-state index contributed by atoms with van der Waals surface area (Å²) in [6, 6.07) is 4.45. The Kier molecular flexibility index (Phi) is 5.95. The first-order chi connectivity index (χ1) is 9.00. The van der Waals surface area contributed by atoms with Crippen LogP contribution in [0.3, 0.4) is 0 Å². The number of halogens is 1. The number of hydrogen-bond donors (Lipinski definition) is 3. The maximum absolute atomic E-state index is 12.8. The van der Waals surface area contributed by atoms with Gasteiger partial charge in [-0.2, -0.15) is 0 Å². The van der Waals surface area contributed by atoms with Crippen molar-refractivity contribution < 1.29 is 19.1 Å². The lowest BCUT2D eigenvalue weighted by Gasteiger charge is -2.14. The van der Waals surface area contributed by atoms with E-state index in [0.29, 0.717) is 25.1 Å². The lowest BCUT2D eigenvalue weighted by atomic mass is 10.1. The Hall–Kier alpha value is -1.95. The van der Waals surface area contributed by atoms with E-state index in [2.05, 4.69) is 10.6 Å². The summed E-state index contributed by atoms with van der Waals surface area (Å²) in [5.41, 5.74) is 0.494. The summed E-state index contributed by atoms with van der Waals surface area (Å²) in [7, 11) is 0. The van der Waals surface area contributed by atoms with Crippen LogP contribution < -0.4 is 10.6 Å². The molecule has 0 aliphatic carbocycles. The molecule has 0 aliphatic rings. The number of carbonyl (C=O) groups excluding carboxylic acids is 1. The summed E-state index contributed by atoms with van der Waals surface area (Å²) >= 11 is 0. The molecular weight excluding hydrogens is 251 g/mol. The highest BCUT2D eigenvalue weighted by molar-refractivity contribution is 5.75. The average molecular weight is 268 g/mol. The third-order valence-electron chi connectivity index (χ3n) is 2.53. The fraction of sp³-hybridized carbons (Fsp3) is 0.385. The second-order valence-corrected chi connectivity index (χ2v) is 4.11. The van der Waals surface area contributed by atoms with Crippen molar-refractivity contribution in [2.24, 2.45) is 0 Å². The minimum Gasteiger partial charge on any atom is -0.480 e. The predicted molar refractivity (Wildman–Crippen MR) is 68.1 cm³/mol. The fourth-order valence-electron chi connectivity index (χ4n) is 1.60. The quantitative estimate of drug-likeness (QED) is 0.646. The van der Waals surface area contributed by atoms with Gasteiger partial charge in [0.15, 0.2) is 0 Å². The standard InChI is InChI=1S/C13H17FN2O3/c1-9(17)15-7-2-8-16-12(13(18)19)10-3-5-11(14)6-4-10/h3-6,12,16H,2,7-8H2,1H3,(H,15,17)(H,18,19). The van der Waals surface area contributed by atoms with Crippen molar-refractivity contribution in [3.63, 3.8) is 0 Å². The Labute approximate surface area is 110 Å². The zero-order valence-electron chi connectivity index (χ0n) is 10.6. The smallest absolute Gasteiger partial charge is 0.325 e. The third-order valence-corrected chi connectivity index (χ3v) is 2.53. The van der Waals surface area contributed by atoms with Gasteiger partial charge in [-0.15, -0.1) is 0 Å². The molecule has 1 aromatic carbocycles. The molecule has 0 radical (unpaired) electrons. The molecule has 1 rings (SSSR count). The summed E-state index contributed by atoms with van der Waals surface area (Å²) in [4.78, 5) is 21.8. The molecule has 1 amide bonds. The van der Waals surface area contributed by atoms with E-state index in [4.69, 9.17) is 5.11 Å². The molecule has 1 atom stereocenters. The van der Waals surface area contributed by atoms with Gasteiger partial charge in [0.2, 0.25) is 5.91 Å². The minimum absolute atomic E-state index is 0.117. The van der Waals surface area contributed by atoms with E-state index in [9.17, 15) is 14.0 Å². The number of hydrogen-bond acceptors (Lipinski definition) is 3. The van der Waals surface area contributed by atoms with Gasteiger partial charge >= 0.3 is 5.97 Å². The molecule has 104 valence electrons. The summed E-state index contributed by atoms with van der Waals surface area (Å²) in [6.45, 7) is 2.35. The second-order valence-electron chi connectivity index (χ2n) is 4.11. The number of carboxylic acid groups (broad SMARTS) is 1. The van der Waals surface area contributed by atoms with E-state index < -0.39 is 17.8 Å². The van der Waals surface area contributed by atoms with E-state index in [0.717, 1.165) is 0 Å². The van der Waals surface area contributed by atoms with Crippen molar-refractivity contribution in [3.05, 3.63) is 35.6 Å². The minimum atomic E-state index is -1.02. The van der Waals surface area contributed by atoms with Crippen molar-refractivity contribution >= 4 is 11.9 Å². The number of nitrogens with one attached hydrogen (secondary N) is 2. The molecule has 0 spiro atoms. The van der Waals surface area contributed by atoms with Gasteiger partial charge in [-0.25, -0.2) is 4.39 Å². The first kappa shape index (κ1) is 15.1. The number of carbonyl (C=O) groups is 2. The lowest BCUT2D eigenvalue weighted by Crippen LogP contribution is -2.31. The maximum atomic E-state index is 12.8. The van der Waals surface area contributed by atoms with E-state index in [1.54, 1.807) is 0 Å². The molecule has 6 heteroatoms. The van der Waals surface area contributed by atoms with Gasteiger partial charge in [-0.3, -0.25) is 9.59 Å². The monoisotopic (exact) mass is 268 g/mol. The van der Waals surface area contributed by atoms with Crippen LogP contribution in [0.5, 0.6) is 0 Å². The van der Waals surface area contributed by atoms with Crippen LogP contribution in [0.25, 0.3) is 0 Å². The molecular formula is C13H17FN2O3. The van der Waals surface area contributed by atoms with Crippen molar-refractivity contribution in [2.45, 2.75) is 19.4 Å². The molecule has 0 fully saturated rings. The summed E-state index contributed by atoms with van der Waals surface area (Å²) in [5, 5.41) is 14.6. The van der Waals surface area contributed by atoms with Crippen molar-refractivity contribution in [2.75, 3.05) is 13.1 Å². The van der Waals surface area contributed by atoms with E-state index >= 15 is 0 Å². The van der Waals surface area contributed by atoms with Gasteiger partial charge < -0.3 is 15.7 Å². The van der Waals surface area contributed by atoms with Crippen molar-refractivity contribution in [1.29, 1.82) is 0 Å². The number of benzene rings is 1. The van der Waals surface area contributed by atoms with E-state index in [1.165, 1.54) is 31.2 Å². The van der Waals surface area contributed by atoms with Gasteiger partial charge in [-0.1, -0.05) is 12.1 Å². The molecule has 5 nitrogen and oxygen atoms in total. The normalized spacial score (nSPS) is 11.9. The molecule has 0 aliphatic heterocycles. The summed E-state index contributed by atoms with van der Waals surface area (Å²) < 4.78 is 12.8. The van der Waals surface area contributed by atoms with Crippen LogP contribution >= 0.6 is 0 Å². The Balaban J connectivity index is 2.47. The molecule has 0 saturated heterocycles. The van der Waals surface area contributed by atoms with Gasteiger partial charge in [0.05, 0.1) is 0 Å². The number of carboxylic acids is 1. The number of aliphatic carboxylic acids is 1. The first-order valence-electron chi connectivity index (χ1n) is 5.97. The third kappa shape index (κ3) is 5.48. The second kappa shape index (κ2) is 7.48. The van der Waals surface area contributed by atoms with Crippen LogP contribution in [0.15, 0.2) is 24.3 Å². The molecule has 1 aromatic rings. The highest BCUT2D eigenvalue weighted by Gasteiger charge is 2.18. The van der Waals surface area contributed by atoms with Gasteiger partial charge in [0.1, 0.15) is 11.9 Å². The Bertz CT molecular complexity index is 434. The highest BCUT2D eigenvalue weighted by Crippen LogP contribution is 2.13. The van der Waals surface area contributed by atoms with Crippen molar-refractivity contribution in [3.8, 4) is 0 Å².